The smallest absolute Gasteiger partial charge is 0.377 e. The second kappa shape index (κ2) is 24.9. The average Bonchev–Trinajstić information content (AvgIpc) is 3.06. The van der Waals surface area contributed by atoms with Gasteiger partial charge in [-0.25, -0.2) is 0 Å². The van der Waals surface area contributed by atoms with Crippen LogP contribution < -0.4 is 11.1 Å². The Morgan fingerprint density at radius 2 is 1.09 bits per heavy atom. The van der Waals surface area contributed by atoms with Crippen LogP contribution in [0.3, 0.4) is 0 Å². The first kappa shape index (κ1) is 40.5. The second-order valence-corrected chi connectivity index (χ2v) is 15.2. The zero-order chi connectivity index (χ0) is 32.4. The first-order chi connectivity index (χ1) is 20.7. The van der Waals surface area contributed by atoms with Gasteiger partial charge in [0, 0.05) is 67.4 Å². The summed E-state index contributed by atoms with van der Waals surface area (Å²) in [6, 6.07) is 20.7. The Balaban J connectivity index is 0.000000677. The summed E-state index contributed by atoms with van der Waals surface area (Å²) in [5.41, 5.74) is 7.33. The molecule has 0 bridgehead atoms. The lowest BCUT2D eigenvalue weighted by Crippen LogP contribution is -2.43. The van der Waals surface area contributed by atoms with Crippen molar-refractivity contribution in [1.29, 1.82) is 0 Å². The monoisotopic (exact) mass is 654 g/mol. The van der Waals surface area contributed by atoms with Crippen LogP contribution in [0.1, 0.15) is 24.0 Å². The summed E-state index contributed by atoms with van der Waals surface area (Å²) in [5, 5.41) is 2.38. The number of allylic oxidation sites excluding steroid dienone is 1. The number of nitrogens with one attached hydrogen (secondary N) is 1. The molecule has 0 aliphatic carbocycles. The molecule has 0 aliphatic heterocycles. The summed E-state index contributed by atoms with van der Waals surface area (Å²) in [5.74, 6) is -0.113. The first-order valence-electron chi connectivity index (χ1n) is 13.6. The van der Waals surface area contributed by atoms with Crippen LogP contribution >= 0.6 is 11.6 Å². The lowest BCUT2D eigenvalue weighted by atomic mass is 10.2. The van der Waals surface area contributed by atoms with E-state index in [0.717, 1.165) is 30.0 Å². The minimum atomic E-state index is -2.53. The molecule has 240 valence electrons. The van der Waals surface area contributed by atoms with Crippen molar-refractivity contribution >= 4 is 52.5 Å². The molecule has 2 rings (SSSR count). The van der Waals surface area contributed by atoms with Crippen LogP contribution in [-0.2, 0) is 36.1 Å². The highest BCUT2D eigenvalue weighted by molar-refractivity contribution is 6.66. The lowest BCUT2D eigenvalue weighted by molar-refractivity contribution is -0.116. The minimum absolute atomic E-state index is 0.113. The predicted molar refractivity (Wildman–Crippen MR) is 176 cm³/mol. The summed E-state index contributed by atoms with van der Waals surface area (Å²) < 4.78 is 31.5. The van der Waals surface area contributed by atoms with Gasteiger partial charge in [0.05, 0.1) is 0 Å². The minimum Gasteiger partial charge on any atom is -0.377 e. The molecule has 0 heterocycles. The molecule has 0 saturated carbocycles. The predicted octanol–water partition coefficient (Wildman–Crippen LogP) is 4.76. The maximum atomic E-state index is 11.7. The Labute approximate surface area is 263 Å². The lowest BCUT2D eigenvalue weighted by Gasteiger charge is -2.24. The molecule has 2 aromatic rings. The summed E-state index contributed by atoms with van der Waals surface area (Å²) in [4.78, 5) is 22.0. The number of amides is 1. The fraction of sp³-hybridized carbons (Fsp3) is 0.400. The SMILES string of the molecule is CO[Si](CCCN)(OC)OC.CO[Si](CCCNC(=O)/C=C/c1ccccc1)(OC)OC.O=C(Cl)/C=C/c1ccccc1. The molecule has 0 radical (unpaired) electrons. The molecule has 0 saturated heterocycles. The standard InChI is InChI=1S/C15H23NO4Si.C9H7ClO.C6H17NO3Si/c1-18-21(19-2,20-3)13-7-12-16-15(17)11-10-14-8-5-4-6-9-14;10-9(11)7-6-8-4-2-1-3-5-8;1-8-11(9-2,10-3)6-4-5-7/h4-6,8-11H,7,12-13H2,1-3H3,(H,16,17);1-7H;4-7H2,1-3H3/b11-10+;7-6+;. The number of hydrogen-bond donors (Lipinski definition) is 2. The number of halogens is 1. The number of carbonyl (C=O) groups is 2. The van der Waals surface area contributed by atoms with Gasteiger partial charge in [0.25, 0.3) is 0 Å². The van der Waals surface area contributed by atoms with E-state index in [9.17, 15) is 9.59 Å². The molecule has 10 nitrogen and oxygen atoms in total. The summed E-state index contributed by atoms with van der Waals surface area (Å²) >= 11 is 5.10. The average molecular weight is 655 g/mol. The molecule has 0 aliphatic rings. The van der Waals surface area contributed by atoms with Gasteiger partial charge >= 0.3 is 17.6 Å². The zero-order valence-electron chi connectivity index (χ0n) is 26.0. The summed E-state index contributed by atoms with van der Waals surface area (Å²) in [6.07, 6.45) is 7.94. The van der Waals surface area contributed by atoms with Crippen molar-refractivity contribution in [1.82, 2.24) is 5.32 Å². The van der Waals surface area contributed by atoms with Gasteiger partial charge in [-0.05, 0) is 54.3 Å². The maximum absolute atomic E-state index is 11.7. The molecule has 0 fully saturated rings. The van der Waals surface area contributed by atoms with Crippen LogP contribution in [0.5, 0.6) is 0 Å². The third kappa shape index (κ3) is 18.7. The largest absolute Gasteiger partial charge is 0.500 e. The van der Waals surface area contributed by atoms with Crippen LogP contribution in [-0.4, -0.2) is 84.5 Å². The number of benzene rings is 2. The third-order valence-corrected chi connectivity index (χ3v) is 11.7. The van der Waals surface area contributed by atoms with Crippen molar-refractivity contribution in [2.24, 2.45) is 5.73 Å². The van der Waals surface area contributed by atoms with E-state index in [2.05, 4.69) is 5.32 Å². The van der Waals surface area contributed by atoms with Crippen LogP contribution in [0.25, 0.3) is 12.2 Å². The van der Waals surface area contributed by atoms with E-state index in [1.165, 1.54) is 12.2 Å². The first-order valence-corrected chi connectivity index (χ1v) is 17.9. The molecule has 0 aromatic heterocycles. The van der Waals surface area contributed by atoms with Gasteiger partial charge in [-0.2, -0.15) is 0 Å². The molecule has 43 heavy (non-hydrogen) atoms. The van der Waals surface area contributed by atoms with Crippen LogP contribution in [0.4, 0.5) is 0 Å². The van der Waals surface area contributed by atoms with E-state index in [-0.39, 0.29) is 5.91 Å². The molecular weight excluding hydrogens is 608 g/mol. The maximum Gasteiger partial charge on any atom is 0.500 e. The Morgan fingerprint density at radius 3 is 1.47 bits per heavy atom. The van der Waals surface area contributed by atoms with Crippen LogP contribution in [0.2, 0.25) is 12.1 Å². The Kier molecular flexibility index (Phi) is 23.4. The van der Waals surface area contributed by atoms with Gasteiger partial charge in [-0.3, -0.25) is 9.59 Å². The number of rotatable bonds is 17. The number of hydrogen-bond acceptors (Lipinski definition) is 9. The van der Waals surface area contributed by atoms with Gasteiger partial charge in [0.15, 0.2) is 0 Å². The van der Waals surface area contributed by atoms with E-state index < -0.39 is 22.9 Å². The normalized spacial score (nSPS) is 11.4. The van der Waals surface area contributed by atoms with Crippen molar-refractivity contribution in [2.75, 3.05) is 55.7 Å². The van der Waals surface area contributed by atoms with Gasteiger partial charge < -0.3 is 37.6 Å². The van der Waals surface area contributed by atoms with Crippen LogP contribution in [0.15, 0.2) is 72.8 Å². The van der Waals surface area contributed by atoms with E-state index in [1.807, 2.05) is 60.7 Å². The molecule has 1 amide bonds. The summed E-state index contributed by atoms with van der Waals surface area (Å²) in [7, 11) is 4.72. The molecule has 13 heteroatoms. The van der Waals surface area contributed by atoms with Crippen LogP contribution in [0, 0.1) is 0 Å². The molecule has 3 N–H and O–H groups in total. The van der Waals surface area contributed by atoms with Gasteiger partial charge in [0.2, 0.25) is 11.1 Å². The molecular formula is C30H47ClN2O8Si2. The quantitative estimate of drug-likeness (QED) is 0.107. The van der Waals surface area contributed by atoms with Crippen molar-refractivity contribution in [3.63, 3.8) is 0 Å². The van der Waals surface area contributed by atoms with Crippen molar-refractivity contribution < 1.29 is 36.1 Å². The Morgan fingerprint density at radius 1 is 0.698 bits per heavy atom. The number of nitrogens with two attached hydrogens (primary N) is 1. The third-order valence-electron chi connectivity index (χ3n) is 5.95. The van der Waals surface area contributed by atoms with E-state index >= 15 is 0 Å². The second-order valence-electron chi connectivity index (χ2n) is 8.67. The molecule has 2 aromatic carbocycles. The fourth-order valence-electron chi connectivity index (χ4n) is 3.47. The zero-order valence-corrected chi connectivity index (χ0v) is 28.8. The number of carbonyl (C=O) groups excluding carboxylic acids is 2. The van der Waals surface area contributed by atoms with Crippen molar-refractivity contribution in [3.8, 4) is 0 Å². The van der Waals surface area contributed by atoms with Crippen molar-refractivity contribution in [3.05, 3.63) is 83.9 Å². The highest BCUT2D eigenvalue weighted by Gasteiger charge is 2.37. The fourth-order valence-corrected chi connectivity index (χ4v) is 7.00. The van der Waals surface area contributed by atoms with Gasteiger partial charge in [-0.15, -0.1) is 0 Å². The van der Waals surface area contributed by atoms with E-state index in [0.29, 0.717) is 19.1 Å². The topological polar surface area (TPSA) is 128 Å². The molecule has 0 unspecified atom stereocenters. The highest BCUT2D eigenvalue weighted by Crippen LogP contribution is 2.15. The van der Waals surface area contributed by atoms with E-state index in [1.54, 1.807) is 54.8 Å². The molecule has 0 spiro atoms. The highest BCUT2D eigenvalue weighted by atomic mass is 35.5. The Hall–Kier alpha value is -2.50. The Bertz CT molecular complexity index is 1040. The van der Waals surface area contributed by atoms with Gasteiger partial charge in [-0.1, -0.05) is 66.7 Å². The summed E-state index contributed by atoms with van der Waals surface area (Å²) in [6.45, 7) is 1.20. The van der Waals surface area contributed by atoms with Gasteiger partial charge in [0.1, 0.15) is 0 Å². The molecule has 0 atom stereocenters. The van der Waals surface area contributed by atoms with Crippen molar-refractivity contribution in [2.45, 2.75) is 24.9 Å². The van der Waals surface area contributed by atoms with E-state index in [4.69, 9.17) is 43.9 Å².